The number of allylic oxidation sites excluding steroid dienone is 1. The van der Waals surface area contributed by atoms with Crippen LogP contribution in [0.1, 0.15) is 33.5 Å². The first-order valence-electron chi connectivity index (χ1n) is 8.95. The lowest BCUT2D eigenvalue weighted by Gasteiger charge is -2.09. The number of fused-ring (bicyclic) bond motifs is 1. The molecule has 146 valence electrons. The molecule has 28 heavy (non-hydrogen) atoms. The summed E-state index contributed by atoms with van der Waals surface area (Å²) in [5.41, 5.74) is 13.8. The van der Waals surface area contributed by atoms with Gasteiger partial charge in [-0.3, -0.25) is 19.6 Å². The number of amides is 2. The third-order valence-electron chi connectivity index (χ3n) is 4.28. The van der Waals surface area contributed by atoms with E-state index >= 15 is 0 Å². The molecule has 0 aliphatic rings. The molecule has 2 amide bonds. The SMILES string of the molecule is CCn1nc(C)cc1C(=O)Nc1nc2cc(C(N)=O)ccc2n1C/C=C/CN. The highest BCUT2D eigenvalue weighted by Gasteiger charge is 2.18. The minimum Gasteiger partial charge on any atom is -0.366 e. The molecule has 0 atom stereocenters. The number of benzene rings is 1. The van der Waals surface area contributed by atoms with E-state index in [0.29, 0.717) is 42.4 Å². The van der Waals surface area contributed by atoms with E-state index in [1.165, 1.54) is 0 Å². The van der Waals surface area contributed by atoms with E-state index in [-0.39, 0.29) is 5.91 Å². The highest BCUT2D eigenvalue weighted by Crippen LogP contribution is 2.22. The van der Waals surface area contributed by atoms with Crippen LogP contribution in [0.15, 0.2) is 36.4 Å². The van der Waals surface area contributed by atoms with E-state index in [0.717, 1.165) is 11.2 Å². The first-order chi connectivity index (χ1) is 13.4. The first-order valence-corrected chi connectivity index (χ1v) is 8.95. The Labute approximate surface area is 162 Å². The summed E-state index contributed by atoms with van der Waals surface area (Å²) in [6.07, 6.45) is 3.71. The van der Waals surface area contributed by atoms with Crippen LogP contribution in [0.25, 0.3) is 11.0 Å². The molecule has 0 saturated heterocycles. The Bertz CT molecular complexity index is 1060. The molecule has 0 fully saturated rings. The van der Waals surface area contributed by atoms with Crippen LogP contribution in [0, 0.1) is 6.92 Å². The van der Waals surface area contributed by atoms with E-state index in [9.17, 15) is 9.59 Å². The van der Waals surface area contributed by atoms with E-state index < -0.39 is 5.91 Å². The second-order valence-corrected chi connectivity index (χ2v) is 6.26. The van der Waals surface area contributed by atoms with Gasteiger partial charge in [0, 0.05) is 25.2 Å². The van der Waals surface area contributed by atoms with Crippen LogP contribution in [-0.2, 0) is 13.1 Å². The van der Waals surface area contributed by atoms with E-state index in [1.54, 1.807) is 28.9 Å². The molecule has 5 N–H and O–H groups in total. The standard InChI is InChI=1S/C19H23N7O2/c1-3-26-16(10-12(2)24-26)18(28)23-19-22-14-11-13(17(21)27)6-7-15(14)25(19)9-5-4-8-20/h4-7,10-11H,3,8-9,20H2,1-2H3,(H2,21,27)(H,22,23,28)/b5-4+. The second-order valence-electron chi connectivity index (χ2n) is 6.26. The molecule has 2 aromatic heterocycles. The number of rotatable bonds is 7. The van der Waals surface area contributed by atoms with Gasteiger partial charge in [-0.25, -0.2) is 4.98 Å². The van der Waals surface area contributed by atoms with Gasteiger partial charge in [-0.15, -0.1) is 0 Å². The summed E-state index contributed by atoms with van der Waals surface area (Å²) in [5.74, 6) is -0.478. The van der Waals surface area contributed by atoms with Crippen molar-refractivity contribution in [2.45, 2.75) is 26.9 Å². The smallest absolute Gasteiger partial charge is 0.276 e. The van der Waals surface area contributed by atoms with Crippen LogP contribution >= 0.6 is 0 Å². The van der Waals surface area contributed by atoms with Gasteiger partial charge in [0.25, 0.3) is 5.91 Å². The van der Waals surface area contributed by atoms with Crippen molar-refractivity contribution in [2.24, 2.45) is 11.5 Å². The minimum atomic E-state index is -0.535. The zero-order valence-electron chi connectivity index (χ0n) is 15.8. The largest absolute Gasteiger partial charge is 0.366 e. The van der Waals surface area contributed by atoms with Gasteiger partial charge in [0.1, 0.15) is 5.69 Å². The van der Waals surface area contributed by atoms with Gasteiger partial charge in [0.2, 0.25) is 11.9 Å². The van der Waals surface area contributed by atoms with Crippen molar-refractivity contribution in [3.63, 3.8) is 0 Å². The Morgan fingerprint density at radius 2 is 2.04 bits per heavy atom. The predicted molar refractivity (Wildman–Crippen MR) is 107 cm³/mol. The number of nitrogens with one attached hydrogen (secondary N) is 1. The van der Waals surface area contributed by atoms with Gasteiger partial charge in [-0.05, 0) is 38.1 Å². The van der Waals surface area contributed by atoms with E-state index in [1.807, 2.05) is 30.6 Å². The molecule has 9 heteroatoms. The average molecular weight is 381 g/mol. The number of carbonyl (C=O) groups is 2. The predicted octanol–water partition coefficient (Wildman–Crippen LogP) is 1.43. The molecule has 9 nitrogen and oxygen atoms in total. The monoisotopic (exact) mass is 381 g/mol. The Morgan fingerprint density at radius 1 is 1.25 bits per heavy atom. The van der Waals surface area contributed by atoms with Crippen LogP contribution in [0.4, 0.5) is 5.95 Å². The normalized spacial score (nSPS) is 11.4. The molecular weight excluding hydrogens is 358 g/mol. The van der Waals surface area contributed by atoms with Crippen molar-refractivity contribution in [1.29, 1.82) is 0 Å². The number of carbonyl (C=O) groups excluding carboxylic acids is 2. The number of nitrogens with zero attached hydrogens (tertiary/aromatic N) is 4. The van der Waals surface area contributed by atoms with Crippen molar-refractivity contribution in [1.82, 2.24) is 19.3 Å². The lowest BCUT2D eigenvalue weighted by Crippen LogP contribution is -2.19. The highest BCUT2D eigenvalue weighted by atomic mass is 16.2. The summed E-state index contributed by atoms with van der Waals surface area (Å²) in [6.45, 7) is 5.21. The lowest BCUT2D eigenvalue weighted by molar-refractivity contribution is 0.0996. The number of anilines is 1. The third kappa shape index (κ3) is 3.79. The van der Waals surface area contributed by atoms with Crippen LogP contribution in [0.2, 0.25) is 0 Å². The summed E-state index contributed by atoms with van der Waals surface area (Å²) < 4.78 is 3.47. The molecule has 0 spiro atoms. The molecule has 0 saturated carbocycles. The summed E-state index contributed by atoms with van der Waals surface area (Å²) in [7, 11) is 0. The number of hydrogen-bond donors (Lipinski definition) is 3. The second kappa shape index (κ2) is 8.05. The van der Waals surface area contributed by atoms with Crippen molar-refractivity contribution in [3.8, 4) is 0 Å². The first kappa shape index (κ1) is 19.3. The van der Waals surface area contributed by atoms with Crippen LogP contribution in [0.3, 0.4) is 0 Å². The molecule has 0 unspecified atom stereocenters. The number of hydrogen-bond acceptors (Lipinski definition) is 5. The van der Waals surface area contributed by atoms with Gasteiger partial charge in [0.05, 0.1) is 16.7 Å². The number of nitrogens with two attached hydrogens (primary N) is 2. The summed E-state index contributed by atoms with van der Waals surface area (Å²) in [5, 5.41) is 7.15. The van der Waals surface area contributed by atoms with Crippen molar-refractivity contribution < 1.29 is 9.59 Å². The average Bonchev–Trinajstić information content (AvgIpc) is 3.21. The van der Waals surface area contributed by atoms with Crippen molar-refractivity contribution in [2.75, 3.05) is 11.9 Å². The molecule has 0 bridgehead atoms. The summed E-state index contributed by atoms with van der Waals surface area (Å²) in [6, 6.07) is 6.73. The number of primary amides is 1. The highest BCUT2D eigenvalue weighted by molar-refractivity contribution is 6.03. The van der Waals surface area contributed by atoms with Gasteiger partial charge < -0.3 is 16.0 Å². The topological polar surface area (TPSA) is 134 Å². The Hall–Kier alpha value is -3.46. The zero-order chi connectivity index (χ0) is 20.3. The number of imidazole rings is 1. The lowest BCUT2D eigenvalue weighted by atomic mass is 10.2. The third-order valence-corrected chi connectivity index (χ3v) is 4.28. The van der Waals surface area contributed by atoms with Crippen molar-refractivity contribution in [3.05, 3.63) is 53.4 Å². The fraction of sp³-hybridized carbons (Fsp3) is 0.263. The quantitative estimate of drug-likeness (QED) is 0.532. The Kier molecular flexibility index (Phi) is 5.55. The Morgan fingerprint density at radius 3 is 2.71 bits per heavy atom. The Balaban J connectivity index is 2.02. The maximum absolute atomic E-state index is 12.8. The van der Waals surface area contributed by atoms with Gasteiger partial charge >= 0.3 is 0 Å². The maximum Gasteiger partial charge on any atom is 0.276 e. The summed E-state index contributed by atoms with van der Waals surface area (Å²) in [4.78, 5) is 28.8. The van der Waals surface area contributed by atoms with Gasteiger partial charge in [0.15, 0.2) is 0 Å². The van der Waals surface area contributed by atoms with Crippen LogP contribution in [0.5, 0.6) is 0 Å². The number of aryl methyl sites for hydroxylation is 2. The molecule has 3 aromatic rings. The summed E-state index contributed by atoms with van der Waals surface area (Å²) >= 11 is 0. The minimum absolute atomic E-state index is 0.308. The van der Waals surface area contributed by atoms with Crippen molar-refractivity contribution >= 4 is 28.8 Å². The van der Waals surface area contributed by atoms with Crippen LogP contribution < -0.4 is 16.8 Å². The molecule has 0 radical (unpaired) electrons. The van der Waals surface area contributed by atoms with Gasteiger partial charge in [-0.2, -0.15) is 5.10 Å². The van der Waals surface area contributed by atoms with Gasteiger partial charge in [-0.1, -0.05) is 12.2 Å². The molecule has 0 aliphatic carbocycles. The maximum atomic E-state index is 12.8. The van der Waals surface area contributed by atoms with Crippen LogP contribution in [-0.4, -0.2) is 37.7 Å². The fourth-order valence-electron chi connectivity index (χ4n) is 2.97. The molecule has 2 heterocycles. The molecule has 3 rings (SSSR count). The number of aromatic nitrogens is 4. The molecule has 1 aromatic carbocycles. The van der Waals surface area contributed by atoms with E-state index in [2.05, 4.69) is 15.4 Å². The fourth-order valence-corrected chi connectivity index (χ4v) is 2.97. The molecular formula is C19H23N7O2. The molecule has 0 aliphatic heterocycles. The van der Waals surface area contributed by atoms with E-state index in [4.69, 9.17) is 11.5 Å². The zero-order valence-corrected chi connectivity index (χ0v) is 15.8.